The highest BCUT2D eigenvalue weighted by atomic mass is 19.1. The molecule has 2 heteroatoms. The zero-order valence-electron chi connectivity index (χ0n) is 21.3. The minimum Gasteiger partial charge on any atom is -0.210 e. The smallest absolute Gasteiger partial charge is 0.139 e. The summed E-state index contributed by atoms with van der Waals surface area (Å²) < 4.78 is 30.0. The van der Waals surface area contributed by atoms with E-state index >= 15 is 4.39 Å². The van der Waals surface area contributed by atoms with Gasteiger partial charge in [0.05, 0.1) is 11.1 Å². The number of allylic oxidation sites excluding steroid dienone is 4. The van der Waals surface area contributed by atoms with Crippen LogP contribution in [0.1, 0.15) is 41.5 Å². The molecule has 0 spiro atoms. The largest absolute Gasteiger partial charge is 0.210 e. The molecule has 4 aromatic rings. The Bertz CT molecular complexity index is 1560. The fourth-order valence-electron chi connectivity index (χ4n) is 4.67. The number of hydrogen-bond donors (Lipinski definition) is 0. The zero-order chi connectivity index (χ0) is 25.9. The van der Waals surface area contributed by atoms with E-state index in [4.69, 9.17) is 0 Å². The van der Waals surface area contributed by atoms with Gasteiger partial charge in [-0.15, -0.1) is 0 Å². The first-order valence-corrected chi connectivity index (χ1v) is 12.5. The molecular formula is C35H28F2. The SMILES string of the molecule is CC1=CC(c2ccc(C)cc2)CC(F)=C1C#Cc1ccc(-c2ccc(-c3ccc(C)cc3)cc2)cc1F. The van der Waals surface area contributed by atoms with E-state index < -0.39 is 5.82 Å². The molecule has 0 N–H and O–H groups in total. The predicted molar refractivity (Wildman–Crippen MR) is 149 cm³/mol. The molecular weight excluding hydrogens is 458 g/mol. The molecule has 0 saturated carbocycles. The third-order valence-electron chi connectivity index (χ3n) is 6.92. The normalized spacial score (nSPS) is 15.2. The summed E-state index contributed by atoms with van der Waals surface area (Å²) in [5, 5.41) is 0. The number of rotatable bonds is 3. The minimum atomic E-state index is -0.413. The van der Waals surface area contributed by atoms with E-state index in [1.165, 1.54) is 17.2 Å². The van der Waals surface area contributed by atoms with Crippen LogP contribution in [-0.2, 0) is 0 Å². The van der Waals surface area contributed by atoms with Crippen LogP contribution in [0.3, 0.4) is 0 Å². The van der Waals surface area contributed by atoms with Crippen molar-refractivity contribution < 1.29 is 8.78 Å². The van der Waals surface area contributed by atoms with Gasteiger partial charge in [0.25, 0.3) is 0 Å². The molecule has 1 unspecified atom stereocenters. The highest BCUT2D eigenvalue weighted by molar-refractivity contribution is 5.71. The van der Waals surface area contributed by atoms with Gasteiger partial charge in [-0.3, -0.25) is 0 Å². The summed E-state index contributed by atoms with van der Waals surface area (Å²) in [5.74, 6) is 5.08. The molecule has 1 aliphatic carbocycles. The lowest BCUT2D eigenvalue weighted by Gasteiger charge is -2.20. The van der Waals surface area contributed by atoms with Crippen LogP contribution >= 0.6 is 0 Å². The van der Waals surface area contributed by atoms with Crippen molar-refractivity contribution in [2.75, 3.05) is 0 Å². The van der Waals surface area contributed by atoms with E-state index in [0.717, 1.165) is 33.4 Å². The number of halogens is 2. The van der Waals surface area contributed by atoms with Gasteiger partial charge in [0.15, 0.2) is 0 Å². The lowest BCUT2D eigenvalue weighted by molar-refractivity contribution is 0.556. The van der Waals surface area contributed by atoms with E-state index in [9.17, 15) is 4.39 Å². The molecule has 1 atom stereocenters. The highest BCUT2D eigenvalue weighted by Gasteiger charge is 2.21. The average Bonchev–Trinajstić information content (AvgIpc) is 2.90. The van der Waals surface area contributed by atoms with Gasteiger partial charge < -0.3 is 0 Å². The Balaban J connectivity index is 1.33. The van der Waals surface area contributed by atoms with Crippen LogP contribution in [0.4, 0.5) is 8.78 Å². The van der Waals surface area contributed by atoms with Crippen LogP contribution in [0.25, 0.3) is 22.3 Å². The van der Waals surface area contributed by atoms with Crippen molar-refractivity contribution in [3.63, 3.8) is 0 Å². The third kappa shape index (κ3) is 5.47. The lowest BCUT2D eigenvalue weighted by atomic mass is 9.85. The van der Waals surface area contributed by atoms with Crippen molar-refractivity contribution in [3.05, 3.63) is 142 Å². The van der Waals surface area contributed by atoms with Gasteiger partial charge in [0, 0.05) is 12.3 Å². The van der Waals surface area contributed by atoms with Gasteiger partial charge in [-0.1, -0.05) is 108 Å². The Hall–Kier alpha value is -4.22. The quantitative estimate of drug-likeness (QED) is 0.253. The van der Waals surface area contributed by atoms with Crippen molar-refractivity contribution in [1.82, 2.24) is 0 Å². The lowest BCUT2D eigenvalue weighted by Crippen LogP contribution is -2.05. The Morgan fingerprint density at radius 2 is 1.14 bits per heavy atom. The van der Waals surface area contributed by atoms with Gasteiger partial charge in [-0.2, -0.15) is 0 Å². The topological polar surface area (TPSA) is 0 Å². The van der Waals surface area contributed by atoms with Crippen molar-refractivity contribution in [3.8, 4) is 34.1 Å². The average molecular weight is 487 g/mol. The van der Waals surface area contributed by atoms with Gasteiger partial charge >= 0.3 is 0 Å². The van der Waals surface area contributed by atoms with Gasteiger partial charge in [-0.05, 0) is 66.3 Å². The maximum absolute atomic E-state index is 15.0. The van der Waals surface area contributed by atoms with Crippen LogP contribution in [0.2, 0.25) is 0 Å². The summed E-state index contributed by atoms with van der Waals surface area (Å²) in [7, 11) is 0. The third-order valence-corrected chi connectivity index (χ3v) is 6.92. The summed E-state index contributed by atoms with van der Waals surface area (Å²) in [4.78, 5) is 0. The molecule has 0 aliphatic heterocycles. The monoisotopic (exact) mass is 486 g/mol. The maximum atomic E-state index is 15.0. The number of hydrogen-bond acceptors (Lipinski definition) is 0. The second kappa shape index (κ2) is 10.4. The molecule has 37 heavy (non-hydrogen) atoms. The molecule has 0 saturated heterocycles. The molecule has 0 amide bonds. The minimum absolute atomic E-state index is 0.0143. The number of benzene rings is 4. The van der Waals surface area contributed by atoms with Crippen molar-refractivity contribution in [2.45, 2.75) is 33.1 Å². The second-order valence-corrected chi connectivity index (χ2v) is 9.74. The second-order valence-electron chi connectivity index (χ2n) is 9.74. The summed E-state index contributed by atoms with van der Waals surface area (Å²) in [6.45, 7) is 5.97. The van der Waals surface area contributed by atoms with E-state index in [2.05, 4.69) is 49.1 Å². The molecule has 0 bridgehead atoms. The Morgan fingerprint density at radius 3 is 1.70 bits per heavy atom. The Morgan fingerprint density at radius 1 is 0.622 bits per heavy atom. The van der Waals surface area contributed by atoms with Crippen LogP contribution < -0.4 is 0 Å². The molecule has 4 aromatic carbocycles. The standard InChI is InChI=1S/C35H28F2/c1-23-4-8-26(9-5-23)27-12-14-28(15-13-27)31-17-16-30(34(36)21-31)18-19-33-25(3)20-32(22-35(33)37)29-10-6-24(2)7-11-29/h4-17,20-21,32H,22H2,1-3H3. The molecule has 0 heterocycles. The van der Waals surface area contributed by atoms with Gasteiger partial charge in [0.1, 0.15) is 11.6 Å². The maximum Gasteiger partial charge on any atom is 0.139 e. The van der Waals surface area contributed by atoms with Crippen LogP contribution in [-0.4, -0.2) is 0 Å². The van der Waals surface area contributed by atoms with E-state index in [0.29, 0.717) is 5.57 Å². The fourth-order valence-corrected chi connectivity index (χ4v) is 4.67. The van der Waals surface area contributed by atoms with Crippen molar-refractivity contribution in [1.29, 1.82) is 0 Å². The van der Waals surface area contributed by atoms with Crippen molar-refractivity contribution in [2.24, 2.45) is 0 Å². The molecule has 5 rings (SSSR count). The highest BCUT2D eigenvalue weighted by Crippen LogP contribution is 2.35. The van der Waals surface area contributed by atoms with Crippen LogP contribution in [0, 0.1) is 31.5 Å². The molecule has 0 radical (unpaired) electrons. The first-order chi connectivity index (χ1) is 17.9. The first kappa shape index (κ1) is 24.5. The fraction of sp³-hybridized carbons (Fsp3) is 0.143. The molecule has 1 aliphatic rings. The predicted octanol–water partition coefficient (Wildman–Crippen LogP) is 9.49. The molecule has 0 fully saturated rings. The Kier molecular flexibility index (Phi) is 6.89. The summed E-state index contributed by atoms with van der Waals surface area (Å²) >= 11 is 0. The van der Waals surface area contributed by atoms with Crippen molar-refractivity contribution >= 4 is 0 Å². The first-order valence-electron chi connectivity index (χ1n) is 12.5. The molecule has 0 aromatic heterocycles. The zero-order valence-corrected chi connectivity index (χ0v) is 21.3. The summed E-state index contributed by atoms with van der Waals surface area (Å²) in [6, 6.07) is 29.6. The number of aryl methyl sites for hydroxylation is 2. The Labute approximate surface area is 218 Å². The van der Waals surface area contributed by atoms with Crippen LogP contribution in [0.15, 0.2) is 114 Å². The van der Waals surface area contributed by atoms with E-state index in [1.807, 2.05) is 68.4 Å². The van der Waals surface area contributed by atoms with Crippen LogP contribution in [0.5, 0.6) is 0 Å². The van der Waals surface area contributed by atoms with E-state index in [-0.39, 0.29) is 23.7 Å². The molecule has 182 valence electrons. The van der Waals surface area contributed by atoms with Gasteiger partial charge in [-0.25, -0.2) is 8.78 Å². The van der Waals surface area contributed by atoms with Gasteiger partial charge in [0.2, 0.25) is 0 Å². The van der Waals surface area contributed by atoms with E-state index in [1.54, 1.807) is 6.07 Å². The summed E-state index contributed by atoms with van der Waals surface area (Å²) in [6.07, 6.45) is 2.32. The molecule has 0 nitrogen and oxygen atoms in total. The summed E-state index contributed by atoms with van der Waals surface area (Å²) in [5.41, 5.74) is 8.85.